The smallest absolute Gasteiger partial charge is 0.318 e. The second kappa shape index (κ2) is 6.78. The van der Waals surface area contributed by atoms with Crippen LogP contribution in [0, 0.1) is 5.82 Å². The lowest BCUT2D eigenvalue weighted by atomic mass is 10.2. The Hall–Kier alpha value is -2.42. The number of rotatable bonds is 6. The number of sulfonamides is 1. The van der Waals surface area contributed by atoms with Gasteiger partial charge in [0.2, 0.25) is 10.0 Å². The molecule has 0 aliphatic heterocycles. The van der Waals surface area contributed by atoms with E-state index in [0.717, 1.165) is 0 Å². The number of halogens is 1. The zero-order chi connectivity index (χ0) is 17.0. The fourth-order valence-corrected chi connectivity index (χ4v) is 3.05. The summed E-state index contributed by atoms with van der Waals surface area (Å²) < 4.78 is 44.8. The van der Waals surface area contributed by atoms with E-state index < -0.39 is 15.8 Å². The van der Waals surface area contributed by atoms with Gasteiger partial charge >= 0.3 is 6.01 Å². The second-order valence-corrected chi connectivity index (χ2v) is 6.70. The first-order chi connectivity index (χ1) is 10.8. The molecule has 0 amide bonds. The topological polar surface area (TPSA) is 84.4 Å². The molecule has 0 bridgehead atoms. The van der Waals surface area contributed by atoms with Crippen molar-refractivity contribution < 1.29 is 17.5 Å². The van der Waals surface area contributed by atoms with Crippen molar-refractivity contribution in [1.29, 1.82) is 0 Å². The summed E-state index contributed by atoms with van der Waals surface area (Å²) in [4.78, 5) is 9.65. The van der Waals surface area contributed by atoms with Crippen molar-refractivity contribution in [2.24, 2.45) is 0 Å². The van der Waals surface area contributed by atoms with E-state index in [-0.39, 0.29) is 17.5 Å². The summed E-state index contributed by atoms with van der Waals surface area (Å²) in [5.41, 5.74) is 0.706. The van der Waals surface area contributed by atoms with Crippen molar-refractivity contribution in [3.05, 3.63) is 41.8 Å². The molecule has 124 valence electrons. The van der Waals surface area contributed by atoms with Crippen LogP contribution in [0.4, 0.5) is 15.9 Å². The van der Waals surface area contributed by atoms with Gasteiger partial charge in [0.05, 0.1) is 19.1 Å². The number of ether oxygens (including phenoxy) is 1. The van der Waals surface area contributed by atoms with Crippen LogP contribution in [0.15, 0.2) is 30.5 Å². The van der Waals surface area contributed by atoms with Gasteiger partial charge in [-0.3, -0.25) is 4.72 Å². The van der Waals surface area contributed by atoms with Crippen LogP contribution in [0.5, 0.6) is 6.01 Å². The fourth-order valence-electron chi connectivity index (χ4n) is 1.87. The summed E-state index contributed by atoms with van der Waals surface area (Å²) in [5.74, 6) is -0.330. The summed E-state index contributed by atoms with van der Waals surface area (Å²) in [6.45, 7) is 0. The Morgan fingerprint density at radius 3 is 2.48 bits per heavy atom. The Labute approximate surface area is 134 Å². The van der Waals surface area contributed by atoms with Gasteiger partial charge in [-0.2, -0.15) is 4.98 Å². The van der Waals surface area contributed by atoms with Crippen molar-refractivity contribution in [3.63, 3.8) is 0 Å². The van der Waals surface area contributed by atoms with Crippen LogP contribution in [-0.2, 0) is 15.8 Å². The van der Waals surface area contributed by atoms with Gasteiger partial charge in [-0.25, -0.2) is 17.8 Å². The first-order valence-electron chi connectivity index (χ1n) is 6.64. The molecule has 0 saturated carbocycles. The van der Waals surface area contributed by atoms with E-state index in [1.807, 2.05) is 0 Å². The van der Waals surface area contributed by atoms with E-state index in [2.05, 4.69) is 14.7 Å². The Balaban J connectivity index is 2.24. The second-order valence-electron chi connectivity index (χ2n) is 4.98. The lowest BCUT2D eigenvalue weighted by Crippen LogP contribution is -2.20. The fraction of sp³-hybridized carbons (Fsp3) is 0.286. The SMILES string of the molecule is COc1ncc(NS(=O)(=O)Cc2ccc(F)cc2)c(N(C)C)n1. The molecule has 0 unspecified atom stereocenters. The number of anilines is 2. The highest BCUT2D eigenvalue weighted by Gasteiger charge is 2.17. The average Bonchev–Trinajstić information content (AvgIpc) is 2.49. The summed E-state index contributed by atoms with van der Waals surface area (Å²) in [5, 5.41) is 0. The first kappa shape index (κ1) is 16.9. The number of methoxy groups -OCH3 is 1. The van der Waals surface area contributed by atoms with Crippen molar-refractivity contribution in [2.45, 2.75) is 5.75 Å². The third-order valence-electron chi connectivity index (χ3n) is 2.89. The van der Waals surface area contributed by atoms with Crippen LogP contribution >= 0.6 is 0 Å². The lowest BCUT2D eigenvalue weighted by molar-refractivity contribution is 0.380. The third-order valence-corrected chi connectivity index (χ3v) is 4.13. The van der Waals surface area contributed by atoms with Gasteiger partial charge in [0.1, 0.15) is 11.5 Å². The number of hydrogen-bond acceptors (Lipinski definition) is 6. The molecule has 0 radical (unpaired) electrons. The molecule has 1 heterocycles. The van der Waals surface area contributed by atoms with Gasteiger partial charge < -0.3 is 9.64 Å². The van der Waals surface area contributed by atoms with Gasteiger partial charge in [-0.05, 0) is 17.7 Å². The zero-order valence-corrected chi connectivity index (χ0v) is 13.8. The molecule has 1 aromatic carbocycles. The average molecular weight is 340 g/mol. The van der Waals surface area contributed by atoms with Crippen LogP contribution in [-0.4, -0.2) is 39.6 Å². The van der Waals surface area contributed by atoms with Crippen LogP contribution in [0.1, 0.15) is 5.56 Å². The number of aromatic nitrogens is 2. The van der Waals surface area contributed by atoms with Crippen molar-refractivity contribution in [3.8, 4) is 6.01 Å². The molecule has 23 heavy (non-hydrogen) atoms. The maximum atomic E-state index is 12.9. The van der Waals surface area contributed by atoms with E-state index in [1.165, 1.54) is 37.6 Å². The molecule has 0 aliphatic carbocycles. The molecule has 7 nitrogen and oxygen atoms in total. The van der Waals surface area contributed by atoms with E-state index in [0.29, 0.717) is 11.4 Å². The Morgan fingerprint density at radius 2 is 1.91 bits per heavy atom. The zero-order valence-electron chi connectivity index (χ0n) is 12.9. The van der Waals surface area contributed by atoms with Crippen molar-refractivity contribution >= 4 is 21.5 Å². The maximum Gasteiger partial charge on any atom is 0.318 e. The summed E-state index contributed by atoms with van der Waals surface area (Å²) in [7, 11) is 1.17. The Kier molecular flexibility index (Phi) is 4.99. The van der Waals surface area contributed by atoms with Gasteiger partial charge in [0.25, 0.3) is 0 Å². The lowest BCUT2D eigenvalue weighted by Gasteiger charge is -2.17. The summed E-state index contributed by atoms with van der Waals surface area (Å²) in [6, 6.07) is 5.41. The first-order valence-corrected chi connectivity index (χ1v) is 8.29. The van der Waals surface area contributed by atoms with Gasteiger partial charge in [0.15, 0.2) is 5.82 Å². The number of nitrogens with one attached hydrogen (secondary N) is 1. The number of benzene rings is 1. The van der Waals surface area contributed by atoms with E-state index in [9.17, 15) is 12.8 Å². The monoisotopic (exact) mass is 340 g/mol. The molecule has 2 rings (SSSR count). The van der Waals surface area contributed by atoms with Gasteiger partial charge in [0, 0.05) is 14.1 Å². The normalized spacial score (nSPS) is 11.1. The highest BCUT2D eigenvalue weighted by atomic mass is 32.2. The van der Waals surface area contributed by atoms with Gasteiger partial charge in [-0.15, -0.1) is 0 Å². The Morgan fingerprint density at radius 1 is 1.26 bits per heavy atom. The summed E-state index contributed by atoms with van der Waals surface area (Å²) >= 11 is 0. The Bertz CT molecular complexity index is 779. The molecule has 0 aliphatic rings. The quantitative estimate of drug-likeness (QED) is 0.860. The highest BCUT2D eigenvalue weighted by Crippen LogP contribution is 2.24. The van der Waals surface area contributed by atoms with Crippen LogP contribution in [0.2, 0.25) is 0 Å². The largest absolute Gasteiger partial charge is 0.467 e. The molecule has 0 atom stereocenters. The molecule has 0 spiro atoms. The molecule has 0 fully saturated rings. The molecular weight excluding hydrogens is 323 g/mol. The van der Waals surface area contributed by atoms with Crippen LogP contribution in [0.3, 0.4) is 0 Å². The van der Waals surface area contributed by atoms with E-state index >= 15 is 0 Å². The number of hydrogen-bond donors (Lipinski definition) is 1. The molecule has 2 aromatic rings. The number of nitrogens with zero attached hydrogens (tertiary/aromatic N) is 3. The molecule has 0 saturated heterocycles. The standard InChI is InChI=1S/C14H17FN4O3S/c1-19(2)13-12(8-16-14(17-13)22-3)18-23(20,21)9-10-4-6-11(15)7-5-10/h4-8,18H,9H2,1-3H3. The van der Waals surface area contributed by atoms with E-state index in [1.54, 1.807) is 19.0 Å². The predicted octanol–water partition coefficient (Wildman–Crippen LogP) is 1.63. The molecule has 1 aromatic heterocycles. The highest BCUT2D eigenvalue weighted by molar-refractivity contribution is 7.91. The maximum absolute atomic E-state index is 12.9. The third kappa shape index (κ3) is 4.52. The summed E-state index contributed by atoms with van der Waals surface area (Å²) in [6.07, 6.45) is 1.34. The molecular formula is C14H17FN4O3S. The van der Waals surface area contributed by atoms with Crippen molar-refractivity contribution in [1.82, 2.24) is 9.97 Å². The minimum Gasteiger partial charge on any atom is -0.467 e. The minimum absolute atomic E-state index is 0.134. The minimum atomic E-state index is -3.70. The van der Waals surface area contributed by atoms with E-state index in [4.69, 9.17) is 4.74 Å². The van der Waals surface area contributed by atoms with Crippen LogP contribution in [0.25, 0.3) is 0 Å². The van der Waals surface area contributed by atoms with Gasteiger partial charge in [-0.1, -0.05) is 12.1 Å². The molecule has 1 N–H and O–H groups in total. The van der Waals surface area contributed by atoms with Crippen LogP contribution < -0.4 is 14.4 Å². The predicted molar refractivity (Wildman–Crippen MR) is 85.6 cm³/mol. The molecule has 9 heteroatoms. The van der Waals surface area contributed by atoms with Crippen molar-refractivity contribution in [2.75, 3.05) is 30.8 Å².